The minimum atomic E-state index is -0.919. The zero-order valence-corrected chi connectivity index (χ0v) is 6.97. The Morgan fingerprint density at radius 3 is 2.67 bits per heavy atom. The number of hydrogen-bond acceptors (Lipinski definition) is 5. The fourth-order valence-electron chi connectivity index (χ4n) is 1.31. The van der Waals surface area contributed by atoms with Gasteiger partial charge in [-0.25, -0.2) is 0 Å². The second-order valence-corrected chi connectivity index (χ2v) is 2.94. The molecule has 0 aromatic carbocycles. The highest BCUT2D eigenvalue weighted by atomic mass is 16.5. The number of aliphatic hydroxyl groups excluding tert-OH is 3. The van der Waals surface area contributed by atoms with Crippen molar-refractivity contribution in [2.75, 3.05) is 13.7 Å². The minimum Gasteiger partial charge on any atom is -0.394 e. The molecule has 0 aromatic heterocycles. The molecule has 5 nitrogen and oxygen atoms in total. The number of ether oxygens (including phenoxy) is 1. The molecule has 1 rings (SSSR count). The first-order valence-corrected chi connectivity index (χ1v) is 3.98. The lowest BCUT2D eigenvalue weighted by Crippen LogP contribution is -2.54. The molecule has 1 aliphatic rings. The third kappa shape index (κ3) is 1.94. The Hall–Kier alpha value is -0.200. The lowest BCUT2D eigenvalue weighted by Gasteiger charge is -2.36. The molecule has 4 N–H and O–H groups in total. The maximum Gasteiger partial charge on any atom is 0.137 e. The third-order valence-electron chi connectivity index (χ3n) is 2.04. The van der Waals surface area contributed by atoms with Crippen LogP contribution >= 0.6 is 0 Å². The predicted molar refractivity (Wildman–Crippen MR) is 41.4 cm³/mol. The molecule has 12 heavy (non-hydrogen) atoms. The van der Waals surface area contributed by atoms with Crippen LogP contribution in [0.1, 0.15) is 6.42 Å². The molecule has 0 saturated carbocycles. The van der Waals surface area contributed by atoms with Crippen molar-refractivity contribution < 1.29 is 20.1 Å². The Morgan fingerprint density at radius 1 is 1.50 bits per heavy atom. The van der Waals surface area contributed by atoms with Crippen molar-refractivity contribution in [2.45, 2.75) is 31.0 Å². The first-order chi connectivity index (χ1) is 5.69. The summed E-state index contributed by atoms with van der Waals surface area (Å²) < 4.78 is 5.20. The van der Waals surface area contributed by atoms with E-state index in [1.807, 2.05) is 0 Å². The smallest absolute Gasteiger partial charge is 0.137 e. The van der Waals surface area contributed by atoms with E-state index in [0.29, 0.717) is 0 Å². The summed E-state index contributed by atoms with van der Waals surface area (Å²) in [7, 11) is 1.63. The highest BCUT2D eigenvalue weighted by Gasteiger charge is 2.35. The summed E-state index contributed by atoms with van der Waals surface area (Å²) >= 11 is 0. The second-order valence-electron chi connectivity index (χ2n) is 2.94. The van der Waals surface area contributed by atoms with Crippen LogP contribution in [0.4, 0.5) is 0 Å². The molecule has 4 atom stereocenters. The van der Waals surface area contributed by atoms with Crippen LogP contribution < -0.4 is 5.32 Å². The Kier molecular flexibility index (Phi) is 3.42. The molecule has 0 radical (unpaired) electrons. The van der Waals surface area contributed by atoms with E-state index in [0.717, 1.165) is 0 Å². The average molecular weight is 177 g/mol. The van der Waals surface area contributed by atoms with Gasteiger partial charge >= 0.3 is 0 Å². The first-order valence-electron chi connectivity index (χ1n) is 3.98. The normalized spacial score (nSPS) is 43.0. The van der Waals surface area contributed by atoms with Crippen LogP contribution in [0.25, 0.3) is 0 Å². The quantitative estimate of drug-likeness (QED) is 0.393. The summed E-state index contributed by atoms with van der Waals surface area (Å²) in [4.78, 5) is 0. The van der Waals surface area contributed by atoms with Crippen molar-refractivity contribution in [2.24, 2.45) is 0 Å². The topological polar surface area (TPSA) is 82.0 Å². The predicted octanol–water partition coefficient (Wildman–Crippen LogP) is -1.97. The first kappa shape index (κ1) is 9.88. The van der Waals surface area contributed by atoms with Crippen molar-refractivity contribution >= 4 is 0 Å². The van der Waals surface area contributed by atoms with Crippen molar-refractivity contribution in [3.8, 4) is 0 Å². The lowest BCUT2D eigenvalue weighted by atomic mass is 10.0. The summed E-state index contributed by atoms with van der Waals surface area (Å²) in [6, 6.07) is 0. The molecule has 72 valence electrons. The van der Waals surface area contributed by atoms with Gasteiger partial charge in [-0.15, -0.1) is 0 Å². The molecule has 1 heterocycles. The molecular weight excluding hydrogens is 162 g/mol. The standard InChI is InChI=1S/C7H15NO4/c1-8-7-6(11)5(10)2-4(3-9)12-7/h4-11H,2-3H2,1H3. The highest BCUT2D eigenvalue weighted by molar-refractivity contribution is 4.82. The van der Waals surface area contributed by atoms with Gasteiger partial charge in [0.05, 0.1) is 18.8 Å². The minimum absolute atomic E-state index is 0.137. The Bertz CT molecular complexity index is 143. The zero-order valence-electron chi connectivity index (χ0n) is 6.97. The van der Waals surface area contributed by atoms with Gasteiger partial charge in [0, 0.05) is 6.42 Å². The van der Waals surface area contributed by atoms with Gasteiger partial charge in [0.15, 0.2) is 0 Å². The van der Waals surface area contributed by atoms with Crippen molar-refractivity contribution in [1.82, 2.24) is 5.32 Å². The number of likely N-dealkylation sites (N-methyl/N-ethyl adjacent to an activating group) is 1. The fourth-order valence-corrected chi connectivity index (χ4v) is 1.31. The number of hydrogen-bond donors (Lipinski definition) is 4. The van der Waals surface area contributed by atoms with Crippen LogP contribution in [-0.4, -0.2) is 53.5 Å². The molecule has 1 saturated heterocycles. The fraction of sp³-hybridized carbons (Fsp3) is 1.00. The van der Waals surface area contributed by atoms with E-state index < -0.39 is 18.4 Å². The van der Waals surface area contributed by atoms with E-state index >= 15 is 0 Å². The van der Waals surface area contributed by atoms with Gasteiger partial charge in [-0.2, -0.15) is 0 Å². The van der Waals surface area contributed by atoms with Crippen molar-refractivity contribution in [1.29, 1.82) is 0 Å². The summed E-state index contributed by atoms with van der Waals surface area (Å²) in [5.41, 5.74) is 0. The van der Waals surface area contributed by atoms with Crippen LogP contribution in [0, 0.1) is 0 Å². The van der Waals surface area contributed by atoms with Crippen LogP contribution in [0.3, 0.4) is 0 Å². The van der Waals surface area contributed by atoms with Gasteiger partial charge in [-0.05, 0) is 7.05 Å². The van der Waals surface area contributed by atoms with Gasteiger partial charge in [-0.1, -0.05) is 0 Å². The van der Waals surface area contributed by atoms with Gasteiger partial charge in [0.2, 0.25) is 0 Å². The van der Waals surface area contributed by atoms with Gasteiger partial charge < -0.3 is 20.1 Å². The third-order valence-corrected chi connectivity index (χ3v) is 2.04. The summed E-state index contributed by atoms with van der Waals surface area (Å²) in [5.74, 6) is 0. The zero-order chi connectivity index (χ0) is 9.14. The SMILES string of the molecule is CNC1OC(CO)CC(O)C1O. The second kappa shape index (κ2) is 4.15. The van der Waals surface area contributed by atoms with Crippen LogP contribution in [0.5, 0.6) is 0 Å². The largest absolute Gasteiger partial charge is 0.394 e. The molecule has 0 aromatic rings. The van der Waals surface area contributed by atoms with Gasteiger partial charge in [0.1, 0.15) is 12.3 Å². The van der Waals surface area contributed by atoms with Crippen LogP contribution in [0.15, 0.2) is 0 Å². The van der Waals surface area contributed by atoms with Gasteiger partial charge in [-0.3, -0.25) is 5.32 Å². The van der Waals surface area contributed by atoms with Gasteiger partial charge in [0.25, 0.3) is 0 Å². The van der Waals surface area contributed by atoms with E-state index in [2.05, 4.69) is 5.32 Å². The molecule has 0 bridgehead atoms. The summed E-state index contributed by atoms with van der Waals surface area (Å²) in [5, 5.41) is 30.1. The van der Waals surface area contributed by atoms with E-state index in [1.54, 1.807) is 7.05 Å². The average Bonchev–Trinajstić information content (AvgIpc) is 2.09. The molecule has 0 spiro atoms. The van der Waals surface area contributed by atoms with Crippen LogP contribution in [-0.2, 0) is 4.74 Å². The maximum atomic E-state index is 9.33. The highest BCUT2D eigenvalue weighted by Crippen LogP contribution is 2.18. The molecule has 1 fully saturated rings. The number of rotatable bonds is 2. The van der Waals surface area contributed by atoms with E-state index in [-0.39, 0.29) is 19.1 Å². The van der Waals surface area contributed by atoms with E-state index in [9.17, 15) is 10.2 Å². The Balaban J connectivity index is 2.52. The number of nitrogens with one attached hydrogen (secondary N) is 1. The summed E-state index contributed by atoms with van der Waals surface area (Å²) in [6.07, 6.45) is -2.45. The monoisotopic (exact) mass is 177 g/mol. The number of aliphatic hydroxyl groups is 3. The van der Waals surface area contributed by atoms with E-state index in [4.69, 9.17) is 9.84 Å². The van der Waals surface area contributed by atoms with Crippen molar-refractivity contribution in [3.05, 3.63) is 0 Å². The molecule has 0 amide bonds. The lowest BCUT2D eigenvalue weighted by molar-refractivity contribution is -0.184. The maximum absolute atomic E-state index is 9.33. The van der Waals surface area contributed by atoms with Crippen molar-refractivity contribution in [3.63, 3.8) is 0 Å². The van der Waals surface area contributed by atoms with Crippen LogP contribution in [0.2, 0.25) is 0 Å². The molecule has 0 aliphatic carbocycles. The summed E-state index contributed by atoms with van der Waals surface area (Å²) in [6.45, 7) is -0.137. The molecule has 1 aliphatic heterocycles. The Labute approximate surface area is 71.0 Å². The molecule has 4 unspecified atom stereocenters. The van der Waals surface area contributed by atoms with E-state index in [1.165, 1.54) is 0 Å². The Morgan fingerprint density at radius 2 is 2.17 bits per heavy atom. The molecule has 5 heteroatoms. The molecular formula is C7H15NO4.